The number of aromatic nitrogens is 3. The Morgan fingerprint density at radius 2 is 1.94 bits per heavy atom. The maximum atomic E-state index is 5.80. The maximum Gasteiger partial charge on any atom is 0.232 e. The normalized spacial score (nSPS) is 10.3. The third-order valence-electron chi connectivity index (χ3n) is 2.07. The fraction of sp³-hybridized carbons (Fsp3) is 0.182. The van der Waals surface area contributed by atoms with Crippen molar-refractivity contribution in [3.8, 4) is 0 Å². The molecule has 1 aromatic carbocycles. The molecule has 94 valence electrons. The van der Waals surface area contributed by atoms with Gasteiger partial charge in [0.05, 0.1) is 0 Å². The molecule has 0 unspecified atom stereocenters. The van der Waals surface area contributed by atoms with E-state index in [2.05, 4.69) is 20.3 Å². The Bertz CT molecular complexity index is 531. The Hall–Kier alpha value is -1.92. The van der Waals surface area contributed by atoms with Crippen LogP contribution in [-0.2, 0) is 11.3 Å². The van der Waals surface area contributed by atoms with Gasteiger partial charge in [0, 0.05) is 17.8 Å². The first-order valence-corrected chi connectivity index (χ1v) is 5.57. The van der Waals surface area contributed by atoms with Gasteiger partial charge in [-0.3, -0.25) is 0 Å². The standard InChI is InChI=1S/C11H12ClN5O/c1-18-6-9-15-10(13)17-11(16-9)14-8-4-2-7(12)3-5-8/h2-5H,6H2,1H3,(H3,13,14,15,16,17). The fourth-order valence-corrected chi connectivity index (χ4v) is 1.48. The molecule has 0 amide bonds. The van der Waals surface area contributed by atoms with Crippen LogP contribution in [0.25, 0.3) is 0 Å². The lowest BCUT2D eigenvalue weighted by Gasteiger charge is -2.06. The van der Waals surface area contributed by atoms with E-state index < -0.39 is 0 Å². The van der Waals surface area contributed by atoms with Gasteiger partial charge in [0.2, 0.25) is 11.9 Å². The van der Waals surface area contributed by atoms with E-state index in [0.29, 0.717) is 16.8 Å². The van der Waals surface area contributed by atoms with Crippen LogP contribution in [0.3, 0.4) is 0 Å². The first kappa shape index (κ1) is 12.5. The lowest BCUT2D eigenvalue weighted by molar-refractivity contribution is 0.178. The van der Waals surface area contributed by atoms with Crippen molar-refractivity contribution in [1.29, 1.82) is 0 Å². The lowest BCUT2D eigenvalue weighted by atomic mass is 10.3. The van der Waals surface area contributed by atoms with E-state index in [1.165, 1.54) is 0 Å². The molecule has 18 heavy (non-hydrogen) atoms. The molecule has 0 aliphatic rings. The van der Waals surface area contributed by atoms with Gasteiger partial charge < -0.3 is 15.8 Å². The Morgan fingerprint density at radius 3 is 2.61 bits per heavy atom. The quantitative estimate of drug-likeness (QED) is 0.879. The third kappa shape index (κ3) is 3.28. The average Bonchev–Trinajstić information content (AvgIpc) is 2.32. The molecule has 0 aliphatic carbocycles. The van der Waals surface area contributed by atoms with Crippen LogP contribution in [-0.4, -0.2) is 22.1 Å². The van der Waals surface area contributed by atoms with Crippen molar-refractivity contribution in [3.05, 3.63) is 35.1 Å². The molecule has 7 heteroatoms. The van der Waals surface area contributed by atoms with E-state index in [-0.39, 0.29) is 12.6 Å². The second-order valence-electron chi connectivity index (χ2n) is 3.50. The smallest absolute Gasteiger partial charge is 0.232 e. The second kappa shape index (κ2) is 5.61. The summed E-state index contributed by atoms with van der Waals surface area (Å²) < 4.78 is 4.95. The highest BCUT2D eigenvalue weighted by atomic mass is 35.5. The summed E-state index contributed by atoms with van der Waals surface area (Å²) in [5.41, 5.74) is 6.40. The molecule has 1 heterocycles. The van der Waals surface area contributed by atoms with Crippen LogP contribution in [0, 0.1) is 0 Å². The van der Waals surface area contributed by atoms with Crippen LogP contribution in [0.2, 0.25) is 5.02 Å². The zero-order chi connectivity index (χ0) is 13.0. The number of anilines is 3. The molecule has 2 aromatic rings. The summed E-state index contributed by atoms with van der Waals surface area (Å²) in [7, 11) is 1.56. The zero-order valence-corrected chi connectivity index (χ0v) is 10.5. The largest absolute Gasteiger partial charge is 0.377 e. The topological polar surface area (TPSA) is 86.0 Å². The monoisotopic (exact) mass is 265 g/mol. The first-order valence-electron chi connectivity index (χ1n) is 5.19. The summed E-state index contributed by atoms with van der Waals surface area (Å²) in [6.07, 6.45) is 0. The summed E-state index contributed by atoms with van der Waals surface area (Å²) in [6, 6.07) is 7.17. The molecule has 0 bridgehead atoms. The molecular formula is C11H12ClN5O. The average molecular weight is 266 g/mol. The van der Waals surface area contributed by atoms with Gasteiger partial charge in [0.1, 0.15) is 6.61 Å². The van der Waals surface area contributed by atoms with Crippen molar-refractivity contribution >= 4 is 29.2 Å². The van der Waals surface area contributed by atoms with E-state index in [1.807, 2.05) is 12.1 Å². The van der Waals surface area contributed by atoms with Gasteiger partial charge in [0.25, 0.3) is 0 Å². The summed E-state index contributed by atoms with van der Waals surface area (Å²) >= 11 is 5.80. The number of methoxy groups -OCH3 is 1. The predicted molar refractivity (Wildman–Crippen MR) is 69.7 cm³/mol. The molecule has 1 aromatic heterocycles. The Morgan fingerprint density at radius 1 is 1.22 bits per heavy atom. The number of nitrogens with two attached hydrogens (primary N) is 1. The predicted octanol–water partition coefficient (Wildman–Crippen LogP) is 2.00. The highest BCUT2D eigenvalue weighted by molar-refractivity contribution is 6.30. The Labute approximate surface area is 109 Å². The van der Waals surface area contributed by atoms with Gasteiger partial charge in [-0.2, -0.15) is 15.0 Å². The molecule has 0 radical (unpaired) electrons. The number of ether oxygens (including phenoxy) is 1. The number of nitrogens with one attached hydrogen (secondary N) is 1. The number of rotatable bonds is 4. The second-order valence-corrected chi connectivity index (χ2v) is 3.93. The molecule has 0 fully saturated rings. The molecule has 6 nitrogen and oxygen atoms in total. The molecule has 0 saturated carbocycles. The van der Waals surface area contributed by atoms with Crippen LogP contribution in [0.1, 0.15) is 5.82 Å². The van der Waals surface area contributed by atoms with E-state index in [1.54, 1.807) is 19.2 Å². The van der Waals surface area contributed by atoms with E-state index in [0.717, 1.165) is 5.69 Å². The minimum atomic E-state index is 0.147. The molecule has 0 spiro atoms. The van der Waals surface area contributed by atoms with Crippen molar-refractivity contribution in [2.24, 2.45) is 0 Å². The van der Waals surface area contributed by atoms with Gasteiger partial charge in [0.15, 0.2) is 5.82 Å². The van der Waals surface area contributed by atoms with Crippen LogP contribution in [0.5, 0.6) is 0 Å². The van der Waals surface area contributed by atoms with Crippen LogP contribution >= 0.6 is 11.6 Å². The zero-order valence-electron chi connectivity index (χ0n) is 9.72. The molecular weight excluding hydrogens is 254 g/mol. The minimum Gasteiger partial charge on any atom is -0.377 e. The fourth-order valence-electron chi connectivity index (χ4n) is 1.35. The molecule has 0 atom stereocenters. The van der Waals surface area contributed by atoms with Crippen molar-refractivity contribution < 1.29 is 4.74 Å². The Balaban J connectivity index is 2.20. The van der Waals surface area contributed by atoms with Crippen molar-refractivity contribution in [3.63, 3.8) is 0 Å². The highest BCUT2D eigenvalue weighted by Gasteiger charge is 2.04. The first-order chi connectivity index (χ1) is 8.67. The highest BCUT2D eigenvalue weighted by Crippen LogP contribution is 2.16. The number of benzene rings is 1. The van der Waals surface area contributed by atoms with E-state index in [9.17, 15) is 0 Å². The number of nitrogens with zero attached hydrogens (tertiary/aromatic N) is 3. The maximum absolute atomic E-state index is 5.80. The van der Waals surface area contributed by atoms with Crippen LogP contribution in [0.15, 0.2) is 24.3 Å². The number of nitrogen functional groups attached to an aromatic ring is 1. The third-order valence-corrected chi connectivity index (χ3v) is 2.32. The van der Waals surface area contributed by atoms with Crippen molar-refractivity contribution in [1.82, 2.24) is 15.0 Å². The van der Waals surface area contributed by atoms with Crippen molar-refractivity contribution in [2.45, 2.75) is 6.61 Å². The SMILES string of the molecule is COCc1nc(N)nc(Nc2ccc(Cl)cc2)n1. The van der Waals surface area contributed by atoms with E-state index in [4.69, 9.17) is 22.1 Å². The van der Waals surface area contributed by atoms with Crippen molar-refractivity contribution in [2.75, 3.05) is 18.2 Å². The molecule has 0 saturated heterocycles. The summed E-state index contributed by atoms with van der Waals surface area (Å²) in [4.78, 5) is 12.1. The summed E-state index contributed by atoms with van der Waals surface area (Å²) in [5.74, 6) is 0.992. The van der Waals surface area contributed by atoms with Gasteiger partial charge in [-0.15, -0.1) is 0 Å². The van der Waals surface area contributed by atoms with Crippen LogP contribution in [0.4, 0.5) is 17.6 Å². The lowest BCUT2D eigenvalue weighted by Crippen LogP contribution is -2.07. The van der Waals surface area contributed by atoms with Gasteiger partial charge in [-0.1, -0.05) is 11.6 Å². The number of hydrogen-bond acceptors (Lipinski definition) is 6. The molecule has 3 N–H and O–H groups in total. The molecule has 0 aliphatic heterocycles. The van der Waals surface area contributed by atoms with Crippen LogP contribution < -0.4 is 11.1 Å². The summed E-state index contributed by atoms with van der Waals surface area (Å²) in [5, 5.41) is 3.68. The number of halogens is 1. The van der Waals surface area contributed by atoms with E-state index >= 15 is 0 Å². The van der Waals surface area contributed by atoms with Gasteiger partial charge in [-0.05, 0) is 24.3 Å². The Kier molecular flexibility index (Phi) is 3.91. The minimum absolute atomic E-state index is 0.147. The summed E-state index contributed by atoms with van der Waals surface area (Å²) in [6.45, 7) is 0.280. The van der Waals surface area contributed by atoms with Gasteiger partial charge >= 0.3 is 0 Å². The van der Waals surface area contributed by atoms with Gasteiger partial charge in [-0.25, -0.2) is 0 Å². The number of hydrogen-bond donors (Lipinski definition) is 2. The molecule has 2 rings (SSSR count).